The summed E-state index contributed by atoms with van der Waals surface area (Å²) in [5.74, 6) is -7.34. The summed E-state index contributed by atoms with van der Waals surface area (Å²) in [5.41, 5.74) is 7.73. The van der Waals surface area contributed by atoms with Gasteiger partial charge in [-0.05, 0) is 86.3 Å². The molecule has 26 nitrogen and oxygen atoms in total. The third kappa shape index (κ3) is 18.1. The molecule has 13 N–H and O–H groups in total. The Morgan fingerprint density at radius 1 is 0.764 bits per heavy atom. The molecule has 1 unspecified atom stereocenters. The molecule has 1 saturated heterocycles. The zero-order valence-corrected chi connectivity index (χ0v) is 39.7. The number of aromatic nitrogens is 4. The molecule has 0 aliphatic carbocycles. The van der Waals surface area contributed by atoms with E-state index in [1.165, 1.54) is 18.3 Å². The van der Waals surface area contributed by atoms with Crippen molar-refractivity contribution in [2.24, 2.45) is 0 Å². The Kier molecular flexibility index (Phi) is 20.6. The number of hydrogen-bond acceptors (Lipinski definition) is 17. The van der Waals surface area contributed by atoms with Crippen molar-refractivity contribution in [2.75, 3.05) is 75.3 Å². The topological polar surface area (TPSA) is 388 Å². The van der Waals surface area contributed by atoms with Crippen LogP contribution in [0.1, 0.15) is 53.7 Å². The van der Waals surface area contributed by atoms with Crippen LogP contribution in [0.3, 0.4) is 0 Å². The fraction of sp³-hybridized carbons (Fsp3) is 0.422. The summed E-state index contributed by atoms with van der Waals surface area (Å²) in [6.45, 7) is 1.06. The number of nitrogens with two attached hydrogens (primary N) is 1. The summed E-state index contributed by atoms with van der Waals surface area (Å²) < 4.78 is 0. The van der Waals surface area contributed by atoms with Gasteiger partial charge in [0.1, 0.15) is 12.1 Å². The normalized spacial score (nSPS) is 15.4. The number of aliphatic carboxylic acids is 5. The Balaban J connectivity index is 1.02. The predicted octanol–water partition coefficient (Wildman–Crippen LogP) is -0.319. The SMILES string of the molecule is Nc1nc2ncc(CNc3ccc(C(=O)N[C@@H](CCC(=O)N[C@@H](CCCCNC(=S)Nc4ccc(CC5CN(CC(=O)O)CCN(CC(=O)O)CCN5CC(=O)O)cc4)C(=O)O)C(=O)O)cc3)nc2c(=O)[nH]1. The maximum atomic E-state index is 12.9. The third-order valence-electron chi connectivity index (χ3n) is 11.4. The van der Waals surface area contributed by atoms with Gasteiger partial charge in [0.25, 0.3) is 11.5 Å². The first-order chi connectivity index (χ1) is 34.3. The van der Waals surface area contributed by atoms with Crippen LogP contribution in [0, 0.1) is 0 Å². The van der Waals surface area contributed by atoms with Gasteiger partial charge in [-0.2, -0.15) is 4.98 Å². The van der Waals surface area contributed by atoms with Crippen LogP contribution in [0.2, 0.25) is 0 Å². The second-order valence-corrected chi connectivity index (χ2v) is 17.3. The average molecular weight is 1020 g/mol. The summed E-state index contributed by atoms with van der Waals surface area (Å²) in [4.78, 5) is 117. The fourth-order valence-corrected chi connectivity index (χ4v) is 7.97. The molecule has 4 aromatic rings. The molecular weight excluding hydrogens is 963 g/mol. The third-order valence-corrected chi connectivity index (χ3v) is 11.6. The van der Waals surface area contributed by atoms with Crippen molar-refractivity contribution in [3.8, 4) is 0 Å². The van der Waals surface area contributed by atoms with Gasteiger partial charge in [-0.25, -0.2) is 19.6 Å². The van der Waals surface area contributed by atoms with E-state index in [1.807, 2.05) is 12.1 Å². The molecule has 3 heterocycles. The lowest BCUT2D eigenvalue weighted by Crippen LogP contribution is -2.49. The minimum absolute atomic E-state index is 0.0157. The van der Waals surface area contributed by atoms with Gasteiger partial charge in [-0.15, -0.1) is 0 Å². The summed E-state index contributed by atoms with van der Waals surface area (Å²) in [7, 11) is 0. The predicted molar refractivity (Wildman–Crippen MR) is 263 cm³/mol. The van der Waals surface area contributed by atoms with E-state index < -0.39 is 65.3 Å². The van der Waals surface area contributed by atoms with E-state index in [9.17, 15) is 63.9 Å². The highest BCUT2D eigenvalue weighted by Crippen LogP contribution is 2.17. The number of benzene rings is 2. The Morgan fingerprint density at radius 3 is 2.06 bits per heavy atom. The number of thiocarbonyl (C=S) groups is 1. The van der Waals surface area contributed by atoms with E-state index in [2.05, 4.69) is 46.5 Å². The summed E-state index contributed by atoms with van der Waals surface area (Å²) in [5, 5.41) is 62.4. The number of nitrogen functional groups attached to an aromatic ring is 1. The molecule has 2 aromatic heterocycles. The van der Waals surface area contributed by atoms with Gasteiger partial charge in [-0.3, -0.25) is 48.5 Å². The van der Waals surface area contributed by atoms with E-state index in [0.29, 0.717) is 49.4 Å². The number of aromatic amines is 1. The number of rotatable bonds is 25. The van der Waals surface area contributed by atoms with Crippen LogP contribution in [-0.2, 0) is 41.7 Å². The first-order valence-electron chi connectivity index (χ1n) is 22.7. The maximum Gasteiger partial charge on any atom is 0.326 e. The van der Waals surface area contributed by atoms with Crippen molar-refractivity contribution in [2.45, 2.75) is 63.2 Å². The van der Waals surface area contributed by atoms with Gasteiger partial charge in [0.05, 0.1) is 38.1 Å². The molecule has 5 rings (SSSR count). The molecule has 72 heavy (non-hydrogen) atoms. The molecule has 1 aliphatic heterocycles. The van der Waals surface area contributed by atoms with E-state index in [1.54, 1.807) is 39.0 Å². The molecule has 2 amide bonds. The Morgan fingerprint density at radius 2 is 1.39 bits per heavy atom. The number of nitrogens with zero attached hydrogens (tertiary/aromatic N) is 6. The van der Waals surface area contributed by atoms with Crippen LogP contribution >= 0.6 is 12.2 Å². The van der Waals surface area contributed by atoms with Crippen LogP contribution in [0.4, 0.5) is 17.3 Å². The highest BCUT2D eigenvalue weighted by Gasteiger charge is 2.29. The highest BCUT2D eigenvalue weighted by atomic mass is 32.1. The van der Waals surface area contributed by atoms with Crippen molar-refractivity contribution in [1.82, 2.24) is 50.6 Å². The van der Waals surface area contributed by atoms with Gasteiger partial charge in [0, 0.05) is 68.7 Å². The molecule has 0 spiro atoms. The number of fused-ring (bicyclic) bond motifs is 1. The smallest absolute Gasteiger partial charge is 0.326 e. The highest BCUT2D eigenvalue weighted by molar-refractivity contribution is 7.80. The lowest BCUT2D eigenvalue weighted by molar-refractivity contribution is -0.142. The van der Waals surface area contributed by atoms with Crippen LogP contribution in [0.15, 0.2) is 59.5 Å². The van der Waals surface area contributed by atoms with Crippen LogP contribution < -0.4 is 37.9 Å². The zero-order chi connectivity index (χ0) is 52.3. The molecule has 27 heteroatoms. The van der Waals surface area contributed by atoms with Crippen LogP contribution in [0.25, 0.3) is 11.2 Å². The molecule has 1 aliphatic rings. The second kappa shape index (κ2) is 26.9. The van der Waals surface area contributed by atoms with Gasteiger partial charge in [0.2, 0.25) is 11.9 Å². The summed E-state index contributed by atoms with van der Waals surface area (Å²) in [6.07, 6.45) is 2.02. The number of carboxylic acids is 5. The Hall–Kier alpha value is -7.88. The molecule has 0 bridgehead atoms. The number of H-pyrrole nitrogens is 1. The first kappa shape index (κ1) is 55.1. The number of carbonyl (C=O) groups is 7. The molecule has 3 atom stereocenters. The van der Waals surface area contributed by atoms with Crippen molar-refractivity contribution >= 4 is 87.5 Å². The van der Waals surface area contributed by atoms with Gasteiger partial charge >= 0.3 is 29.8 Å². The summed E-state index contributed by atoms with van der Waals surface area (Å²) in [6, 6.07) is 10.2. The number of carboxylic acid groups (broad SMARTS) is 5. The largest absolute Gasteiger partial charge is 0.480 e. The van der Waals surface area contributed by atoms with Crippen LogP contribution in [-0.4, -0.2) is 184 Å². The van der Waals surface area contributed by atoms with Crippen molar-refractivity contribution in [3.05, 3.63) is 81.9 Å². The standard InChI is InChI=1S/C45H57N13O13S/c46-44-54-39-38(41(67)55-44)50-30(21-49-39)20-48-28-10-6-27(7-11-28)40(66)53-33(43(70)71)12-13-34(59)52-32(42(68)69)3-1-2-14-47-45(72)51-29-8-4-26(5-9-29)19-31-22-57(24-36(62)63)16-15-56(23-35(60)61)17-18-58(31)25-37(64)65/h4-11,21,31-33,48H,1-3,12-20,22-25H2,(H,52,59)(H,53,66)(H,60,61)(H,62,63)(H,64,65)(H,68,69)(H,70,71)(H2,47,51,72)(H3,46,49,54,55,67)/t31?,32-,33-/m0/s1. The number of hydrogen-bond donors (Lipinski definition) is 12. The Labute approximate surface area is 416 Å². The molecular formula is C45H57N13O13S. The van der Waals surface area contributed by atoms with E-state index in [0.717, 1.165) is 5.56 Å². The van der Waals surface area contributed by atoms with Crippen molar-refractivity contribution < 1.29 is 59.1 Å². The monoisotopic (exact) mass is 1020 g/mol. The van der Waals surface area contributed by atoms with E-state index >= 15 is 0 Å². The van der Waals surface area contributed by atoms with Gasteiger partial charge < -0.3 is 57.9 Å². The fourth-order valence-electron chi connectivity index (χ4n) is 7.75. The van der Waals surface area contributed by atoms with Gasteiger partial charge in [-0.1, -0.05) is 12.1 Å². The average Bonchev–Trinajstić information content (AvgIpc) is 3.38. The molecule has 386 valence electrons. The number of amides is 2. The van der Waals surface area contributed by atoms with Crippen LogP contribution in [0.5, 0.6) is 0 Å². The van der Waals surface area contributed by atoms with E-state index in [4.69, 9.17) is 18.0 Å². The number of carbonyl (C=O) groups excluding carboxylic acids is 2. The lowest BCUT2D eigenvalue weighted by atomic mass is 10.0. The molecule has 0 radical (unpaired) electrons. The second-order valence-electron chi connectivity index (χ2n) is 16.9. The molecule has 0 saturated carbocycles. The minimum Gasteiger partial charge on any atom is -0.480 e. The molecule has 2 aromatic carbocycles. The summed E-state index contributed by atoms with van der Waals surface area (Å²) >= 11 is 5.43. The van der Waals surface area contributed by atoms with Crippen molar-refractivity contribution in [3.63, 3.8) is 0 Å². The zero-order valence-electron chi connectivity index (χ0n) is 38.9. The van der Waals surface area contributed by atoms with Gasteiger partial charge in [0.15, 0.2) is 16.3 Å². The minimum atomic E-state index is -1.46. The van der Waals surface area contributed by atoms with Crippen molar-refractivity contribution in [1.29, 1.82) is 0 Å². The maximum absolute atomic E-state index is 12.9. The number of nitrogens with one attached hydrogen (secondary N) is 6. The Bertz CT molecular complexity index is 2640. The first-order valence-corrected chi connectivity index (χ1v) is 23.1. The van der Waals surface area contributed by atoms with E-state index in [-0.39, 0.29) is 99.4 Å². The number of anilines is 3. The quantitative estimate of drug-likeness (QED) is 0.0299. The number of unbranched alkanes of at least 4 members (excludes halogenated alkanes) is 1. The lowest BCUT2D eigenvalue weighted by Gasteiger charge is -2.33. The molecule has 1 fully saturated rings.